The summed E-state index contributed by atoms with van der Waals surface area (Å²) in [4.78, 5) is 6.94. The fourth-order valence-electron chi connectivity index (χ4n) is 1.95. The summed E-state index contributed by atoms with van der Waals surface area (Å²) in [6.07, 6.45) is 3.00. The van der Waals surface area contributed by atoms with Gasteiger partial charge in [-0.3, -0.25) is 4.98 Å². The summed E-state index contributed by atoms with van der Waals surface area (Å²) < 4.78 is 0. The van der Waals surface area contributed by atoms with Crippen LogP contribution in [0.5, 0.6) is 0 Å². The molecule has 2 rings (SSSR count). The van der Waals surface area contributed by atoms with Gasteiger partial charge in [0.1, 0.15) is 4.99 Å². The summed E-state index contributed by atoms with van der Waals surface area (Å²) in [6, 6.07) is 4.02. The van der Waals surface area contributed by atoms with Crippen molar-refractivity contribution in [2.24, 2.45) is 5.73 Å². The molecule has 0 amide bonds. The standard InChI is InChI=1S/C12H17N3S2/c1-2-10-8-15(5-6-17-10)9-3-4-14-11(7-9)12(13)16/h3-4,7,10H,2,5-6,8H2,1H3,(H2,13,16). The van der Waals surface area contributed by atoms with Crippen LogP contribution in [0.2, 0.25) is 0 Å². The molecule has 0 saturated carbocycles. The molecule has 1 aliphatic rings. The van der Waals surface area contributed by atoms with E-state index in [-0.39, 0.29) is 0 Å². The van der Waals surface area contributed by atoms with Crippen LogP contribution < -0.4 is 10.6 Å². The van der Waals surface area contributed by atoms with Crippen molar-refractivity contribution in [3.63, 3.8) is 0 Å². The molecular formula is C12H17N3S2. The van der Waals surface area contributed by atoms with Crippen LogP contribution in [0.3, 0.4) is 0 Å². The molecule has 3 nitrogen and oxygen atoms in total. The zero-order valence-corrected chi connectivity index (χ0v) is 11.6. The average Bonchev–Trinajstić information content (AvgIpc) is 2.39. The van der Waals surface area contributed by atoms with Gasteiger partial charge in [0.15, 0.2) is 0 Å². The zero-order chi connectivity index (χ0) is 12.3. The highest BCUT2D eigenvalue weighted by Crippen LogP contribution is 2.25. The molecule has 0 spiro atoms. The fraction of sp³-hybridized carbons (Fsp3) is 0.500. The topological polar surface area (TPSA) is 42.2 Å². The van der Waals surface area contributed by atoms with Gasteiger partial charge in [0, 0.05) is 36.0 Å². The number of thioether (sulfide) groups is 1. The van der Waals surface area contributed by atoms with E-state index in [4.69, 9.17) is 18.0 Å². The lowest BCUT2D eigenvalue weighted by Crippen LogP contribution is -2.37. The lowest BCUT2D eigenvalue weighted by molar-refractivity contribution is 0.728. The Balaban J connectivity index is 2.16. The number of hydrogen-bond acceptors (Lipinski definition) is 4. The molecule has 1 aromatic rings. The van der Waals surface area contributed by atoms with Gasteiger partial charge in [-0.25, -0.2) is 0 Å². The predicted octanol–water partition coefficient (Wildman–Crippen LogP) is 2.05. The maximum Gasteiger partial charge on any atom is 0.122 e. The summed E-state index contributed by atoms with van der Waals surface area (Å²) >= 11 is 7.03. The maximum absolute atomic E-state index is 5.61. The normalized spacial score (nSPS) is 20.3. The molecule has 1 atom stereocenters. The molecule has 0 radical (unpaired) electrons. The average molecular weight is 267 g/mol. The fourth-order valence-corrected chi connectivity index (χ4v) is 3.24. The molecule has 0 aromatic carbocycles. The van der Waals surface area contributed by atoms with Gasteiger partial charge in [-0.1, -0.05) is 19.1 Å². The highest BCUT2D eigenvalue weighted by Gasteiger charge is 2.19. The first-order valence-corrected chi connectivity index (χ1v) is 7.29. The second-order valence-corrected chi connectivity index (χ2v) is 5.96. The van der Waals surface area contributed by atoms with Gasteiger partial charge in [-0.15, -0.1) is 0 Å². The maximum atomic E-state index is 5.61. The molecule has 0 aliphatic carbocycles. The van der Waals surface area contributed by atoms with Crippen molar-refractivity contribution in [3.05, 3.63) is 24.0 Å². The first-order chi connectivity index (χ1) is 8.20. The smallest absolute Gasteiger partial charge is 0.122 e. The summed E-state index contributed by atoms with van der Waals surface area (Å²) in [6.45, 7) is 4.43. The quantitative estimate of drug-likeness (QED) is 0.849. The lowest BCUT2D eigenvalue weighted by atomic mass is 10.2. The molecule has 1 aromatic heterocycles. The van der Waals surface area contributed by atoms with Crippen LogP contribution in [0.1, 0.15) is 19.0 Å². The Morgan fingerprint density at radius 1 is 1.71 bits per heavy atom. The third kappa shape index (κ3) is 3.10. The Morgan fingerprint density at radius 3 is 3.24 bits per heavy atom. The van der Waals surface area contributed by atoms with Crippen LogP contribution in [0, 0.1) is 0 Å². The minimum absolute atomic E-state index is 0.366. The van der Waals surface area contributed by atoms with Crippen LogP contribution in [-0.4, -0.2) is 34.1 Å². The van der Waals surface area contributed by atoms with Gasteiger partial charge in [-0.2, -0.15) is 11.8 Å². The molecule has 1 aliphatic heterocycles. The molecule has 1 saturated heterocycles. The summed E-state index contributed by atoms with van der Waals surface area (Å²) in [7, 11) is 0. The molecular weight excluding hydrogens is 250 g/mol. The molecule has 1 unspecified atom stereocenters. The number of anilines is 1. The van der Waals surface area contributed by atoms with Gasteiger partial charge in [0.2, 0.25) is 0 Å². The van der Waals surface area contributed by atoms with E-state index in [0.29, 0.717) is 10.7 Å². The monoisotopic (exact) mass is 267 g/mol. The van der Waals surface area contributed by atoms with Crippen molar-refractivity contribution >= 4 is 34.7 Å². The number of pyridine rings is 1. The second kappa shape index (κ2) is 5.69. The van der Waals surface area contributed by atoms with Crippen molar-refractivity contribution in [2.45, 2.75) is 18.6 Å². The van der Waals surface area contributed by atoms with Crippen LogP contribution >= 0.6 is 24.0 Å². The largest absolute Gasteiger partial charge is 0.388 e. The van der Waals surface area contributed by atoms with Crippen LogP contribution in [0.4, 0.5) is 5.69 Å². The zero-order valence-electron chi connectivity index (χ0n) is 9.93. The van der Waals surface area contributed by atoms with Gasteiger partial charge >= 0.3 is 0 Å². The van der Waals surface area contributed by atoms with Crippen molar-refractivity contribution in [2.75, 3.05) is 23.7 Å². The summed E-state index contributed by atoms with van der Waals surface area (Å²) in [5, 5.41) is 0.727. The second-order valence-electron chi connectivity index (χ2n) is 4.11. The van der Waals surface area contributed by atoms with Crippen LogP contribution in [0.15, 0.2) is 18.3 Å². The molecule has 92 valence electrons. The minimum Gasteiger partial charge on any atom is -0.388 e. The van der Waals surface area contributed by atoms with E-state index in [0.717, 1.165) is 18.3 Å². The Bertz CT molecular complexity index is 408. The van der Waals surface area contributed by atoms with E-state index >= 15 is 0 Å². The van der Waals surface area contributed by atoms with Crippen molar-refractivity contribution in [1.29, 1.82) is 0 Å². The Morgan fingerprint density at radius 2 is 2.53 bits per heavy atom. The third-order valence-electron chi connectivity index (χ3n) is 2.96. The van der Waals surface area contributed by atoms with E-state index in [1.165, 1.54) is 17.9 Å². The Labute approximate surface area is 112 Å². The van der Waals surface area contributed by atoms with E-state index in [1.54, 1.807) is 6.20 Å². The highest BCUT2D eigenvalue weighted by molar-refractivity contribution is 8.00. The highest BCUT2D eigenvalue weighted by atomic mass is 32.2. The van der Waals surface area contributed by atoms with Gasteiger partial charge in [0.25, 0.3) is 0 Å². The van der Waals surface area contributed by atoms with E-state index in [1.807, 2.05) is 12.1 Å². The summed E-state index contributed by atoms with van der Waals surface area (Å²) in [5.41, 5.74) is 7.51. The first-order valence-electron chi connectivity index (χ1n) is 5.83. The minimum atomic E-state index is 0.366. The molecule has 2 N–H and O–H groups in total. The Kier molecular flexibility index (Phi) is 4.23. The van der Waals surface area contributed by atoms with Crippen molar-refractivity contribution in [1.82, 2.24) is 4.98 Å². The van der Waals surface area contributed by atoms with Crippen LogP contribution in [0.25, 0.3) is 0 Å². The predicted molar refractivity (Wildman–Crippen MR) is 78.9 cm³/mol. The molecule has 0 bridgehead atoms. The molecule has 2 heterocycles. The number of thiocarbonyl (C=S) groups is 1. The summed E-state index contributed by atoms with van der Waals surface area (Å²) in [5.74, 6) is 1.18. The van der Waals surface area contributed by atoms with Crippen molar-refractivity contribution < 1.29 is 0 Å². The van der Waals surface area contributed by atoms with Gasteiger partial charge in [-0.05, 0) is 18.6 Å². The number of hydrogen-bond donors (Lipinski definition) is 1. The van der Waals surface area contributed by atoms with E-state index in [2.05, 4.69) is 28.6 Å². The lowest BCUT2D eigenvalue weighted by Gasteiger charge is -2.33. The number of nitrogens with two attached hydrogens (primary N) is 1. The molecule has 5 heteroatoms. The third-order valence-corrected chi connectivity index (χ3v) is 4.54. The number of rotatable bonds is 3. The van der Waals surface area contributed by atoms with E-state index in [9.17, 15) is 0 Å². The van der Waals surface area contributed by atoms with Gasteiger partial charge in [0.05, 0.1) is 5.69 Å². The first kappa shape index (κ1) is 12.6. The molecule has 1 fully saturated rings. The van der Waals surface area contributed by atoms with Crippen molar-refractivity contribution in [3.8, 4) is 0 Å². The van der Waals surface area contributed by atoms with E-state index < -0.39 is 0 Å². The number of aromatic nitrogens is 1. The molecule has 17 heavy (non-hydrogen) atoms. The SMILES string of the molecule is CCC1CN(c2ccnc(C(N)=S)c2)CCS1. The Hall–Kier alpha value is -0.810. The number of nitrogens with zero attached hydrogens (tertiary/aromatic N) is 2. The van der Waals surface area contributed by atoms with Gasteiger partial charge < -0.3 is 10.6 Å². The van der Waals surface area contributed by atoms with Crippen LogP contribution in [-0.2, 0) is 0 Å².